The number of nitrogens with one attached hydrogen (secondary N) is 1. The first kappa shape index (κ1) is 22.1. The molecule has 1 heterocycles. The van der Waals surface area contributed by atoms with Crippen LogP contribution in [0.15, 0.2) is 52.4 Å². The van der Waals surface area contributed by atoms with Crippen LogP contribution in [0.3, 0.4) is 0 Å². The third-order valence-corrected chi connectivity index (χ3v) is 5.95. The molecule has 0 aliphatic heterocycles. The fourth-order valence-corrected chi connectivity index (χ4v) is 4.30. The summed E-state index contributed by atoms with van der Waals surface area (Å²) in [7, 11) is 0. The summed E-state index contributed by atoms with van der Waals surface area (Å²) in [5, 5.41) is 4.28. The topological polar surface area (TPSA) is 64.0 Å². The fourth-order valence-electron chi connectivity index (χ4n) is 3.49. The summed E-state index contributed by atoms with van der Waals surface area (Å²) in [6.45, 7) is 8.87. The standard InChI is InChI=1S/C24H29N3O2S/c1-5-17-10-9-11-18(6-2)22(17)26-21(28)15-30-24-25-20-13-8-7-12-19(20)23(29)27(24)14-16(3)4/h7-13,16H,5-6,14-15H2,1-4H3,(H,26,28). The van der Waals surface area contributed by atoms with Gasteiger partial charge in [0.2, 0.25) is 5.91 Å². The van der Waals surface area contributed by atoms with Gasteiger partial charge in [0.15, 0.2) is 5.16 Å². The number of aryl methyl sites for hydroxylation is 2. The first-order chi connectivity index (χ1) is 14.4. The van der Waals surface area contributed by atoms with Crippen molar-refractivity contribution in [2.45, 2.75) is 52.2 Å². The van der Waals surface area contributed by atoms with Gasteiger partial charge in [-0.25, -0.2) is 4.98 Å². The Morgan fingerprint density at radius 3 is 2.37 bits per heavy atom. The maximum absolute atomic E-state index is 13.0. The zero-order valence-electron chi connectivity index (χ0n) is 18.1. The van der Waals surface area contributed by atoms with E-state index in [0.717, 1.165) is 29.7 Å². The quantitative estimate of drug-likeness (QED) is 0.413. The molecule has 1 amide bonds. The summed E-state index contributed by atoms with van der Waals surface area (Å²) in [5.74, 6) is 0.404. The van der Waals surface area contributed by atoms with E-state index in [2.05, 4.69) is 38.0 Å². The molecule has 0 aliphatic carbocycles. The van der Waals surface area contributed by atoms with Crippen molar-refractivity contribution in [3.05, 3.63) is 63.9 Å². The van der Waals surface area contributed by atoms with E-state index >= 15 is 0 Å². The van der Waals surface area contributed by atoms with Gasteiger partial charge in [0.25, 0.3) is 5.56 Å². The largest absolute Gasteiger partial charge is 0.325 e. The lowest BCUT2D eigenvalue weighted by molar-refractivity contribution is -0.113. The van der Waals surface area contributed by atoms with Gasteiger partial charge in [-0.15, -0.1) is 0 Å². The van der Waals surface area contributed by atoms with E-state index in [0.29, 0.717) is 28.5 Å². The lowest BCUT2D eigenvalue weighted by Gasteiger charge is -2.16. The lowest BCUT2D eigenvalue weighted by Crippen LogP contribution is -2.26. The number of anilines is 1. The van der Waals surface area contributed by atoms with E-state index in [4.69, 9.17) is 0 Å². The molecule has 30 heavy (non-hydrogen) atoms. The van der Waals surface area contributed by atoms with Crippen LogP contribution in [0.5, 0.6) is 0 Å². The van der Waals surface area contributed by atoms with Crippen LogP contribution in [-0.4, -0.2) is 21.2 Å². The normalized spacial score (nSPS) is 11.2. The second-order valence-corrected chi connectivity index (χ2v) is 8.66. The molecule has 158 valence electrons. The Morgan fingerprint density at radius 1 is 1.07 bits per heavy atom. The van der Waals surface area contributed by atoms with E-state index < -0.39 is 0 Å². The van der Waals surface area contributed by atoms with Crippen molar-refractivity contribution in [1.29, 1.82) is 0 Å². The number of carbonyl (C=O) groups is 1. The van der Waals surface area contributed by atoms with E-state index in [1.807, 2.05) is 36.4 Å². The minimum atomic E-state index is -0.0888. The minimum absolute atomic E-state index is 0.0539. The Hall–Kier alpha value is -2.60. The molecule has 0 unspecified atom stereocenters. The van der Waals surface area contributed by atoms with E-state index in [1.165, 1.54) is 11.8 Å². The van der Waals surface area contributed by atoms with Crippen LogP contribution in [0.4, 0.5) is 5.69 Å². The highest BCUT2D eigenvalue weighted by Gasteiger charge is 2.15. The van der Waals surface area contributed by atoms with Gasteiger partial charge >= 0.3 is 0 Å². The van der Waals surface area contributed by atoms with Gasteiger partial charge in [-0.3, -0.25) is 14.2 Å². The highest BCUT2D eigenvalue weighted by molar-refractivity contribution is 7.99. The lowest BCUT2D eigenvalue weighted by atomic mass is 10.0. The molecule has 3 aromatic rings. The monoisotopic (exact) mass is 423 g/mol. The number of aromatic nitrogens is 2. The van der Waals surface area contributed by atoms with Crippen LogP contribution in [0.25, 0.3) is 10.9 Å². The van der Waals surface area contributed by atoms with Crippen LogP contribution < -0.4 is 10.9 Å². The molecule has 3 rings (SSSR count). The van der Waals surface area contributed by atoms with E-state index in [1.54, 1.807) is 10.6 Å². The van der Waals surface area contributed by atoms with Gasteiger partial charge in [0.05, 0.1) is 16.7 Å². The predicted molar refractivity (Wildman–Crippen MR) is 125 cm³/mol. The van der Waals surface area contributed by atoms with Crippen LogP contribution in [0.1, 0.15) is 38.8 Å². The van der Waals surface area contributed by atoms with Crippen LogP contribution in [0, 0.1) is 5.92 Å². The first-order valence-corrected chi connectivity index (χ1v) is 11.5. The van der Waals surface area contributed by atoms with Crippen LogP contribution in [0.2, 0.25) is 0 Å². The molecule has 0 saturated carbocycles. The number of thioether (sulfide) groups is 1. The number of carbonyl (C=O) groups excluding carboxylic acids is 1. The third kappa shape index (κ3) is 4.93. The molecule has 2 aromatic carbocycles. The average Bonchev–Trinajstić information content (AvgIpc) is 2.74. The number of para-hydroxylation sites is 2. The maximum Gasteiger partial charge on any atom is 0.262 e. The van der Waals surface area contributed by atoms with Crippen LogP contribution >= 0.6 is 11.8 Å². The first-order valence-electron chi connectivity index (χ1n) is 10.5. The highest BCUT2D eigenvalue weighted by Crippen LogP contribution is 2.24. The van der Waals surface area contributed by atoms with Crippen molar-refractivity contribution < 1.29 is 4.79 Å². The summed E-state index contributed by atoms with van der Waals surface area (Å²) in [5.41, 5.74) is 3.79. The van der Waals surface area contributed by atoms with Gasteiger partial charge in [0, 0.05) is 12.2 Å². The molecule has 0 aliphatic rings. The van der Waals surface area contributed by atoms with Crippen LogP contribution in [-0.2, 0) is 24.2 Å². The molecule has 1 N–H and O–H groups in total. The summed E-state index contributed by atoms with van der Waals surface area (Å²) >= 11 is 1.31. The Bertz CT molecular complexity index is 1080. The molecule has 0 radical (unpaired) electrons. The van der Waals surface area contributed by atoms with Crippen molar-refractivity contribution in [2.75, 3.05) is 11.1 Å². The number of amides is 1. The van der Waals surface area contributed by atoms with Crippen molar-refractivity contribution in [1.82, 2.24) is 9.55 Å². The van der Waals surface area contributed by atoms with Crippen molar-refractivity contribution in [3.63, 3.8) is 0 Å². The maximum atomic E-state index is 13.0. The predicted octanol–water partition coefficient (Wildman–Crippen LogP) is 4.91. The van der Waals surface area contributed by atoms with Gasteiger partial charge in [0.1, 0.15) is 0 Å². The van der Waals surface area contributed by atoms with Crippen molar-refractivity contribution >= 4 is 34.3 Å². The molecule has 0 bridgehead atoms. The zero-order valence-corrected chi connectivity index (χ0v) is 18.9. The van der Waals surface area contributed by atoms with Crippen molar-refractivity contribution in [2.24, 2.45) is 5.92 Å². The van der Waals surface area contributed by atoms with Gasteiger partial charge in [-0.2, -0.15) is 0 Å². The molecular weight excluding hydrogens is 394 g/mol. The summed E-state index contributed by atoms with van der Waals surface area (Å²) in [4.78, 5) is 30.4. The minimum Gasteiger partial charge on any atom is -0.325 e. The average molecular weight is 424 g/mol. The summed E-state index contributed by atoms with van der Waals surface area (Å²) in [6, 6.07) is 13.5. The Labute approximate surface area is 181 Å². The number of rotatable bonds is 8. The Morgan fingerprint density at radius 2 is 1.73 bits per heavy atom. The molecule has 0 fully saturated rings. The number of benzene rings is 2. The Balaban J connectivity index is 1.85. The van der Waals surface area contributed by atoms with Gasteiger partial charge in [-0.1, -0.05) is 69.8 Å². The van der Waals surface area contributed by atoms with Gasteiger partial charge < -0.3 is 5.32 Å². The molecule has 0 atom stereocenters. The second-order valence-electron chi connectivity index (χ2n) is 7.72. The molecule has 0 saturated heterocycles. The third-order valence-electron chi connectivity index (χ3n) is 4.97. The highest BCUT2D eigenvalue weighted by atomic mass is 32.2. The summed E-state index contributed by atoms with van der Waals surface area (Å²) < 4.78 is 1.70. The smallest absolute Gasteiger partial charge is 0.262 e. The number of hydrogen-bond acceptors (Lipinski definition) is 4. The number of fused-ring (bicyclic) bond motifs is 1. The molecule has 0 spiro atoms. The second kappa shape index (κ2) is 9.94. The fraction of sp³-hybridized carbons (Fsp3) is 0.375. The zero-order chi connectivity index (χ0) is 21.7. The summed E-state index contributed by atoms with van der Waals surface area (Å²) in [6.07, 6.45) is 1.72. The van der Waals surface area contributed by atoms with E-state index in [-0.39, 0.29) is 17.2 Å². The van der Waals surface area contributed by atoms with Crippen molar-refractivity contribution in [3.8, 4) is 0 Å². The number of hydrogen-bond donors (Lipinski definition) is 1. The number of nitrogens with zero attached hydrogens (tertiary/aromatic N) is 2. The molecule has 1 aromatic heterocycles. The Kier molecular flexibility index (Phi) is 7.32. The van der Waals surface area contributed by atoms with E-state index in [9.17, 15) is 9.59 Å². The van der Waals surface area contributed by atoms with Gasteiger partial charge in [-0.05, 0) is 42.0 Å². The molecule has 5 nitrogen and oxygen atoms in total. The molecular formula is C24H29N3O2S. The molecule has 6 heteroatoms. The SMILES string of the molecule is CCc1cccc(CC)c1NC(=O)CSc1nc2ccccc2c(=O)n1CC(C)C.